The van der Waals surface area contributed by atoms with E-state index >= 15 is 0 Å². The molecule has 0 aliphatic heterocycles. The number of anilines is 1. The Bertz CT molecular complexity index is 1230. The lowest BCUT2D eigenvalue weighted by molar-refractivity contribution is -0.192. The van der Waals surface area contributed by atoms with E-state index in [1.54, 1.807) is 30.3 Å². The molecule has 1 aliphatic rings. The third kappa shape index (κ3) is 7.39. The number of hydrogen-bond acceptors (Lipinski definition) is 5. The maximum Gasteiger partial charge on any atom is 0.490 e. The molecule has 0 bridgehead atoms. The number of hydrogen-bond donors (Lipinski definition) is 4. The van der Waals surface area contributed by atoms with E-state index in [4.69, 9.17) is 21.4 Å². The van der Waals surface area contributed by atoms with Crippen LogP contribution in [0.1, 0.15) is 23.4 Å². The minimum atomic E-state index is -5.08. The average Bonchev–Trinajstić information content (AvgIpc) is 2.83. The summed E-state index contributed by atoms with van der Waals surface area (Å²) in [5.74, 6) is -4.18. The number of alkyl halides is 6. The summed E-state index contributed by atoms with van der Waals surface area (Å²) in [5.41, 5.74) is 8.88. The minimum Gasteiger partial charge on any atom is -0.475 e. The fraction of sp³-hybridized carbons (Fsp3) is 0.217. The fourth-order valence-corrected chi connectivity index (χ4v) is 3.19. The predicted molar refractivity (Wildman–Crippen MR) is 119 cm³/mol. The van der Waals surface area contributed by atoms with Gasteiger partial charge in [-0.25, -0.2) is 9.78 Å². The number of rotatable bonds is 5. The van der Waals surface area contributed by atoms with Crippen LogP contribution in [-0.4, -0.2) is 34.1 Å². The molecule has 1 aliphatic carbocycles. The molecule has 0 spiro atoms. The molecule has 1 atom stereocenters. The molecule has 0 saturated carbocycles. The van der Waals surface area contributed by atoms with Gasteiger partial charge in [-0.3, -0.25) is 9.59 Å². The van der Waals surface area contributed by atoms with Gasteiger partial charge in [-0.2, -0.15) is 26.3 Å². The molecule has 1 aromatic carbocycles. The molecule has 8 nitrogen and oxygen atoms in total. The van der Waals surface area contributed by atoms with E-state index < -0.39 is 41.2 Å². The summed E-state index contributed by atoms with van der Waals surface area (Å²) in [6.07, 6.45) is -5.80. The number of carbonyl (C=O) groups excluding carboxylic acids is 2. The number of pyridine rings is 1. The highest BCUT2D eigenvalue weighted by Crippen LogP contribution is 2.37. The van der Waals surface area contributed by atoms with Crippen molar-refractivity contribution in [3.63, 3.8) is 0 Å². The second kappa shape index (κ2) is 11.2. The Balaban J connectivity index is 0.000000604. The molecule has 0 radical (unpaired) electrons. The number of carboxylic acid groups (broad SMARTS) is 1. The molecule has 37 heavy (non-hydrogen) atoms. The SMILES string of the molecule is NCc1cc(C(F)(F)F)nc(C2(C(N)=O)C=CC=C(C(=O)Nc3ccccc3)C2)c1.O=C(O)C(F)(F)F. The normalized spacial score (nSPS) is 17.2. The first kappa shape index (κ1) is 29.0. The van der Waals surface area contributed by atoms with Crippen LogP contribution in [0.3, 0.4) is 0 Å². The summed E-state index contributed by atoms with van der Waals surface area (Å²) in [6.45, 7) is -0.186. The molecule has 3 rings (SSSR count). The van der Waals surface area contributed by atoms with Gasteiger partial charge < -0.3 is 21.9 Å². The fourth-order valence-electron chi connectivity index (χ4n) is 3.19. The van der Waals surface area contributed by atoms with E-state index in [9.17, 15) is 35.9 Å². The van der Waals surface area contributed by atoms with E-state index in [0.717, 1.165) is 6.07 Å². The molecule has 2 amide bonds. The zero-order chi connectivity index (χ0) is 28.0. The monoisotopic (exact) mass is 530 g/mol. The second-order valence-electron chi connectivity index (χ2n) is 7.63. The first-order chi connectivity index (χ1) is 17.1. The van der Waals surface area contributed by atoms with Crippen LogP contribution in [0, 0.1) is 0 Å². The summed E-state index contributed by atoms with van der Waals surface area (Å²) in [5, 5.41) is 9.81. The number of carboxylic acids is 1. The van der Waals surface area contributed by atoms with Gasteiger partial charge in [0.05, 0.1) is 5.69 Å². The van der Waals surface area contributed by atoms with Gasteiger partial charge in [-0.05, 0) is 29.8 Å². The number of primary amides is 1. The molecule has 1 unspecified atom stereocenters. The van der Waals surface area contributed by atoms with Crippen LogP contribution in [0.15, 0.2) is 66.3 Å². The van der Waals surface area contributed by atoms with Gasteiger partial charge in [-0.1, -0.05) is 36.4 Å². The van der Waals surface area contributed by atoms with Crippen LogP contribution in [-0.2, 0) is 32.5 Å². The number of benzene rings is 1. The van der Waals surface area contributed by atoms with Crippen LogP contribution in [0.2, 0.25) is 0 Å². The van der Waals surface area contributed by atoms with Gasteiger partial charge in [0.2, 0.25) is 5.91 Å². The Morgan fingerprint density at radius 1 is 1.05 bits per heavy atom. The van der Waals surface area contributed by atoms with Crippen molar-refractivity contribution in [3.8, 4) is 0 Å². The van der Waals surface area contributed by atoms with Crippen molar-refractivity contribution in [3.05, 3.63) is 83.2 Å². The number of allylic oxidation sites excluding steroid dienone is 2. The zero-order valence-electron chi connectivity index (χ0n) is 18.7. The largest absolute Gasteiger partial charge is 0.490 e. The van der Waals surface area contributed by atoms with Crippen LogP contribution in [0.4, 0.5) is 32.0 Å². The Hall–Kier alpha value is -4.20. The quantitative estimate of drug-likeness (QED) is 0.436. The van der Waals surface area contributed by atoms with Crippen LogP contribution >= 0.6 is 0 Å². The lowest BCUT2D eigenvalue weighted by atomic mass is 9.74. The lowest BCUT2D eigenvalue weighted by Gasteiger charge is -2.30. The van der Waals surface area contributed by atoms with Gasteiger partial charge in [0.25, 0.3) is 5.91 Å². The van der Waals surface area contributed by atoms with Crippen molar-refractivity contribution in [1.82, 2.24) is 4.98 Å². The lowest BCUT2D eigenvalue weighted by Crippen LogP contribution is -2.43. The van der Waals surface area contributed by atoms with Crippen LogP contribution in [0.5, 0.6) is 0 Å². The average molecular weight is 530 g/mol. The van der Waals surface area contributed by atoms with Gasteiger partial charge in [0.1, 0.15) is 11.1 Å². The summed E-state index contributed by atoms with van der Waals surface area (Å²) >= 11 is 0. The van der Waals surface area contributed by atoms with E-state index in [2.05, 4.69) is 10.3 Å². The van der Waals surface area contributed by atoms with E-state index in [1.807, 2.05) is 0 Å². The molecular formula is C23H20F6N4O4. The van der Waals surface area contributed by atoms with Crippen LogP contribution in [0.25, 0.3) is 0 Å². The van der Waals surface area contributed by atoms with Crippen molar-refractivity contribution < 1.29 is 45.8 Å². The first-order valence-electron chi connectivity index (χ1n) is 10.2. The van der Waals surface area contributed by atoms with Crippen molar-refractivity contribution in [1.29, 1.82) is 0 Å². The Labute approximate surface area is 205 Å². The van der Waals surface area contributed by atoms with Crippen molar-refractivity contribution in [2.45, 2.75) is 30.7 Å². The third-order valence-corrected chi connectivity index (χ3v) is 5.02. The predicted octanol–water partition coefficient (Wildman–Crippen LogP) is 3.44. The molecule has 0 fully saturated rings. The van der Waals surface area contributed by atoms with Gasteiger partial charge in [0.15, 0.2) is 0 Å². The topological polar surface area (TPSA) is 148 Å². The summed E-state index contributed by atoms with van der Waals surface area (Å²) in [4.78, 5) is 37.6. The highest BCUT2D eigenvalue weighted by atomic mass is 19.4. The second-order valence-corrected chi connectivity index (χ2v) is 7.63. The van der Waals surface area contributed by atoms with Crippen molar-refractivity contribution >= 4 is 23.5 Å². The maximum absolute atomic E-state index is 13.3. The number of para-hydroxylation sites is 1. The maximum atomic E-state index is 13.3. The smallest absolute Gasteiger partial charge is 0.475 e. The van der Waals surface area contributed by atoms with E-state index in [0.29, 0.717) is 5.69 Å². The number of nitrogens with zero attached hydrogens (tertiary/aromatic N) is 1. The summed E-state index contributed by atoms with van der Waals surface area (Å²) < 4.78 is 71.7. The molecule has 1 aromatic heterocycles. The Morgan fingerprint density at radius 2 is 1.65 bits per heavy atom. The minimum absolute atomic E-state index is 0.145. The van der Waals surface area contributed by atoms with Crippen molar-refractivity contribution in [2.24, 2.45) is 11.5 Å². The molecule has 0 saturated heterocycles. The van der Waals surface area contributed by atoms with Gasteiger partial charge in [0, 0.05) is 24.2 Å². The van der Waals surface area contributed by atoms with Crippen molar-refractivity contribution in [2.75, 3.05) is 5.32 Å². The number of carbonyl (C=O) groups is 3. The zero-order valence-corrected chi connectivity index (χ0v) is 18.7. The number of aliphatic carboxylic acids is 1. The number of halogens is 6. The molecule has 6 N–H and O–H groups in total. The Kier molecular flexibility index (Phi) is 8.82. The van der Waals surface area contributed by atoms with E-state index in [1.165, 1.54) is 24.3 Å². The number of amides is 2. The Morgan fingerprint density at radius 3 is 2.14 bits per heavy atom. The number of nitrogens with two attached hydrogens (primary N) is 2. The molecule has 2 aromatic rings. The molecule has 1 heterocycles. The van der Waals surface area contributed by atoms with E-state index in [-0.39, 0.29) is 29.8 Å². The molecule has 198 valence electrons. The van der Waals surface area contributed by atoms with Gasteiger partial charge in [-0.15, -0.1) is 0 Å². The van der Waals surface area contributed by atoms with Gasteiger partial charge >= 0.3 is 18.3 Å². The third-order valence-electron chi connectivity index (χ3n) is 5.02. The highest BCUT2D eigenvalue weighted by Gasteiger charge is 2.43. The molecular weight excluding hydrogens is 510 g/mol. The number of aromatic nitrogens is 1. The standard InChI is InChI=1S/C21H19F3N4O2.C2HF3O2/c22-21(23,24)17-10-13(12-25)9-16(28-17)20(19(26)30)8-4-5-14(11-20)18(29)27-15-6-2-1-3-7-15;3-2(4,5)1(6)7/h1-10H,11-12,25H2,(H2,26,30)(H,27,29);(H,6,7). The summed E-state index contributed by atoms with van der Waals surface area (Å²) in [7, 11) is 0. The molecule has 14 heteroatoms. The van der Waals surface area contributed by atoms with Crippen LogP contribution < -0.4 is 16.8 Å². The first-order valence-corrected chi connectivity index (χ1v) is 10.2. The number of nitrogens with one attached hydrogen (secondary N) is 1. The highest BCUT2D eigenvalue weighted by molar-refractivity contribution is 6.05. The summed E-state index contributed by atoms with van der Waals surface area (Å²) in [6, 6.07) is 10.7.